The highest BCUT2D eigenvalue weighted by Crippen LogP contribution is 2.17. The van der Waals surface area contributed by atoms with Gasteiger partial charge in [0, 0.05) is 5.39 Å². The molecule has 0 saturated heterocycles. The average molecular weight is 280 g/mol. The van der Waals surface area contributed by atoms with Gasteiger partial charge in [0.25, 0.3) is 0 Å². The number of halogens is 1. The van der Waals surface area contributed by atoms with E-state index < -0.39 is 0 Å². The second-order valence-corrected chi connectivity index (χ2v) is 3.73. The van der Waals surface area contributed by atoms with Gasteiger partial charge in [-0.2, -0.15) is 5.26 Å². The highest BCUT2D eigenvalue weighted by atomic mass is 127. The second kappa shape index (κ2) is 3.30. The number of rotatable bonds is 0. The molecule has 3 heteroatoms. The molecule has 2 aromatic rings. The topological polar surface area (TPSA) is 36.7 Å². The van der Waals surface area contributed by atoms with Crippen LogP contribution >= 0.6 is 22.6 Å². The highest BCUT2D eigenvalue weighted by Gasteiger charge is 2.01. The van der Waals surface area contributed by atoms with Gasteiger partial charge in [-0.25, -0.2) is 4.98 Å². The van der Waals surface area contributed by atoms with Gasteiger partial charge in [-0.3, -0.25) is 0 Å². The molecule has 0 saturated carbocycles. The van der Waals surface area contributed by atoms with Crippen molar-refractivity contribution in [2.75, 3.05) is 0 Å². The van der Waals surface area contributed by atoms with Crippen molar-refractivity contribution in [3.8, 4) is 6.07 Å². The van der Waals surface area contributed by atoms with Crippen LogP contribution in [0.1, 0.15) is 5.56 Å². The number of para-hydroxylation sites is 1. The predicted octanol–water partition coefficient (Wildman–Crippen LogP) is 2.71. The first kappa shape index (κ1) is 8.45. The lowest BCUT2D eigenvalue weighted by atomic mass is 10.1. The van der Waals surface area contributed by atoms with Crippen molar-refractivity contribution in [2.24, 2.45) is 0 Å². The minimum Gasteiger partial charge on any atom is -0.242 e. The molecule has 0 radical (unpaired) electrons. The molecule has 62 valence electrons. The molecule has 0 bridgehead atoms. The fourth-order valence-corrected chi connectivity index (χ4v) is 1.81. The summed E-state index contributed by atoms with van der Waals surface area (Å²) in [6.45, 7) is 0. The fourth-order valence-electron chi connectivity index (χ4n) is 1.24. The Morgan fingerprint density at radius 1 is 1.31 bits per heavy atom. The summed E-state index contributed by atoms with van der Waals surface area (Å²) in [5, 5.41) is 9.80. The second-order valence-electron chi connectivity index (χ2n) is 2.62. The molecule has 2 nitrogen and oxygen atoms in total. The summed E-state index contributed by atoms with van der Waals surface area (Å²) in [6.07, 6.45) is 0. The van der Waals surface area contributed by atoms with Gasteiger partial charge in [-0.05, 0) is 34.7 Å². The van der Waals surface area contributed by atoms with Crippen molar-refractivity contribution >= 4 is 33.5 Å². The molecule has 0 aliphatic heterocycles. The summed E-state index contributed by atoms with van der Waals surface area (Å²) in [7, 11) is 0. The van der Waals surface area contributed by atoms with E-state index in [1.165, 1.54) is 0 Å². The zero-order valence-corrected chi connectivity index (χ0v) is 8.82. The molecular formula is C10H5IN2. The third-order valence-electron chi connectivity index (χ3n) is 1.81. The third-order valence-corrected chi connectivity index (χ3v) is 2.36. The molecule has 13 heavy (non-hydrogen) atoms. The van der Waals surface area contributed by atoms with Gasteiger partial charge in [0.1, 0.15) is 3.70 Å². The van der Waals surface area contributed by atoms with Crippen LogP contribution in [0.4, 0.5) is 0 Å². The number of nitriles is 1. The Balaban J connectivity index is 2.91. The summed E-state index contributed by atoms with van der Waals surface area (Å²) >= 11 is 2.11. The molecule has 0 amide bonds. The van der Waals surface area contributed by atoms with Crippen molar-refractivity contribution in [2.45, 2.75) is 0 Å². The Bertz CT molecular complexity index is 500. The number of fused-ring (bicyclic) bond motifs is 1. The van der Waals surface area contributed by atoms with E-state index in [1.54, 1.807) is 6.07 Å². The lowest BCUT2D eigenvalue weighted by Gasteiger charge is -1.99. The van der Waals surface area contributed by atoms with Gasteiger partial charge in [-0.1, -0.05) is 18.2 Å². The number of nitrogens with zero attached hydrogens (tertiary/aromatic N) is 2. The van der Waals surface area contributed by atoms with Crippen molar-refractivity contribution < 1.29 is 0 Å². The predicted molar refractivity (Wildman–Crippen MR) is 59.2 cm³/mol. The first-order chi connectivity index (χ1) is 6.31. The molecule has 2 rings (SSSR count). The average Bonchev–Trinajstić information content (AvgIpc) is 2.16. The Labute approximate surface area is 89.4 Å². The summed E-state index contributed by atoms with van der Waals surface area (Å²) in [5.41, 5.74) is 1.57. The quantitative estimate of drug-likeness (QED) is 0.549. The molecular weight excluding hydrogens is 275 g/mol. The SMILES string of the molecule is N#Cc1cc(I)nc2ccccc12. The molecule has 0 N–H and O–H groups in total. The molecule has 0 aliphatic rings. The zero-order valence-electron chi connectivity index (χ0n) is 6.66. The van der Waals surface area contributed by atoms with Crippen LogP contribution in [-0.4, -0.2) is 4.98 Å². The maximum Gasteiger partial charge on any atom is 0.103 e. The number of hydrogen-bond acceptors (Lipinski definition) is 2. The van der Waals surface area contributed by atoms with Gasteiger partial charge in [0.2, 0.25) is 0 Å². The smallest absolute Gasteiger partial charge is 0.103 e. The van der Waals surface area contributed by atoms with E-state index in [0.717, 1.165) is 14.6 Å². The number of hydrogen-bond donors (Lipinski definition) is 0. The molecule has 0 fully saturated rings. The molecule has 0 aliphatic carbocycles. The van der Waals surface area contributed by atoms with Crippen molar-refractivity contribution in [1.82, 2.24) is 4.98 Å². The van der Waals surface area contributed by atoms with Crippen LogP contribution in [0.15, 0.2) is 30.3 Å². The number of aromatic nitrogens is 1. The Morgan fingerprint density at radius 3 is 2.85 bits per heavy atom. The van der Waals surface area contributed by atoms with E-state index in [0.29, 0.717) is 5.56 Å². The summed E-state index contributed by atoms with van der Waals surface area (Å²) in [4.78, 5) is 4.32. The van der Waals surface area contributed by atoms with Crippen molar-refractivity contribution in [3.05, 3.63) is 39.6 Å². The normalized spacial score (nSPS) is 9.85. The van der Waals surface area contributed by atoms with Crippen LogP contribution in [0.25, 0.3) is 10.9 Å². The van der Waals surface area contributed by atoms with Crippen LogP contribution in [-0.2, 0) is 0 Å². The van der Waals surface area contributed by atoms with Crippen LogP contribution in [0.2, 0.25) is 0 Å². The van der Waals surface area contributed by atoms with E-state index in [-0.39, 0.29) is 0 Å². The molecule has 0 atom stereocenters. The Kier molecular flexibility index (Phi) is 2.15. The number of benzene rings is 1. The third kappa shape index (κ3) is 1.49. The van der Waals surface area contributed by atoms with Crippen LogP contribution in [0.3, 0.4) is 0 Å². The summed E-state index contributed by atoms with van der Waals surface area (Å²) < 4.78 is 0.854. The van der Waals surface area contributed by atoms with Gasteiger partial charge in [0.05, 0.1) is 17.1 Å². The van der Waals surface area contributed by atoms with Gasteiger partial charge >= 0.3 is 0 Å². The molecule has 1 heterocycles. The maximum absolute atomic E-state index is 8.88. The van der Waals surface area contributed by atoms with E-state index >= 15 is 0 Å². The lowest BCUT2D eigenvalue weighted by Crippen LogP contribution is -1.86. The van der Waals surface area contributed by atoms with Gasteiger partial charge in [0.15, 0.2) is 0 Å². The maximum atomic E-state index is 8.88. The van der Waals surface area contributed by atoms with Crippen LogP contribution < -0.4 is 0 Å². The first-order valence-electron chi connectivity index (χ1n) is 3.76. The van der Waals surface area contributed by atoms with Gasteiger partial charge in [-0.15, -0.1) is 0 Å². The highest BCUT2D eigenvalue weighted by molar-refractivity contribution is 14.1. The first-order valence-corrected chi connectivity index (χ1v) is 4.84. The Hall–Kier alpha value is -1.15. The standard InChI is InChI=1S/C10H5IN2/c11-10-5-7(6-12)8-3-1-2-4-9(8)13-10/h1-5H. The summed E-state index contributed by atoms with van der Waals surface area (Å²) in [5.74, 6) is 0. The van der Waals surface area contributed by atoms with Gasteiger partial charge < -0.3 is 0 Å². The molecule has 1 aromatic carbocycles. The minimum absolute atomic E-state index is 0.690. The number of pyridine rings is 1. The van der Waals surface area contributed by atoms with E-state index in [2.05, 4.69) is 33.6 Å². The molecule has 0 spiro atoms. The molecule has 0 unspecified atom stereocenters. The molecule has 1 aromatic heterocycles. The summed E-state index contributed by atoms with van der Waals surface area (Å²) in [6, 6.07) is 11.6. The lowest BCUT2D eigenvalue weighted by molar-refractivity contribution is 1.33. The zero-order chi connectivity index (χ0) is 9.26. The van der Waals surface area contributed by atoms with Crippen molar-refractivity contribution in [3.63, 3.8) is 0 Å². The fraction of sp³-hybridized carbons (Fsp3) is 0. The Morgan fingerprint density at radius 2 is 2.08 bits per heavy atom. The van der Waals surface area contributed by atoms with E-state index in [9.17, 15) is 0 Å². The largest absolute Gasteiger partial charge is 0.242 e. The van der Waals surface area contributed by atoms with E-state index in [4.69, 9.17) is 5.26 Å². The monoisotopic (exact) mass is 280 g/mol. The van der Waals surface area contributed by atoms with Crippen LogP contribution in [0, 0.1) is 15.0 Å². The minimum atomic E-state index is 0.690. The van der Waals surface area contributed by atoms with E-state index in [1.807, 2.05) is 24.3 Å². The van der Waals surface area contributed by atoms with Crippen molar-refractivity contribution in [1.29, 1.82) is 5.26 Å². The van der Waals surface area contributed by atoms with Crippen LogP contribution in [0.5, 0.6) is 0 Å².